The van der Waals surface area contributed by atoms with Crippen molar-refractivity contribution in [3.05, 3.63) is 17.5 Å². The van der Waals surface area contributed by atoms with Gasteiger partial charge in [-0.1, -0.05) is 20.8 Å². The molecule has 0 saturated heterocycles. The van der Waals surface area contributed by atoms with Crippen LogP contribution < -0.4 is 5.73 Å². The topological polar surface area (TPSA) is 50.3 Å². The zero-order valence-corrected chi connectivity index (χ0v) is 14.1. The van der Waals surface area contributed by atoms with E-state index in [4.69, 9.17) is 5.73 Å². The Morgan fingerprint density at radius 1 is 1.25 bits per heavy atom. The Morgan fingerprint density at radius 3 is 2.30 bits per heavy atom. The summed E-state index contributed by atoms with van der Waals surface area (Å²) in [5.41, 5.74) is 8.47. The first-order chi connectivity index (χ1) is 9.16. The third-order valence-electron chi connectivity index (χ3n) is 3.58. The molecule has 20 heavy (non-hydrogen) atoms. The molecule has 0 aliphatic rings. The first kappa shape index (κ1) is 17.1. The van der Waals surface area contributed by atoms with Crippen molar-refractivity contribution in [1.29, 1.82) is 0 Å². The predicted molar refractivity (Wildman–Crippen MR) is 84.9 cm³/mol. The van der Waals surface area contributed by atoms with Crippen LogP contribution in [0.25, 0.3) is 0 Å². The largest absolute Gasteiger partial charge is 0.329 e. The Hall–Kier alpha value is -0.910. The number of nitrogens with two attached hydrogens (primary N) is 1. The molecule has 2 N–H and O–H groups in total. The third-order valence-corrected chi connectivity index (χ3v) is 3.58. The summed E-state index contributed by atoms with van der Waals surface area (Å²) in [4.78, 5) is 4.52. The van der Waals surface area contributed by atoms with Crippen LogP contribution in [0.5, 0.6) is 0 Å². The van der Waals surface area contributed by atoms with Gasteiger partial charge in [-0.25, -0.2) is 0 Å². The molecule has 5 heteroatoms. The van der Waals surface area contributed by atoms with E-state index in [1.807, 2.05) is 11.7 Å². The van der Waals surface area contributed by atoms with Gasteiger partial charge in [-0.15, -0.1) is 0 Å². The van der Waals surface area contributed by atoms with E-state index in [2.05, 4.69) is 63.0 Å². The van der Waals surface area contributed by atoms with Crippen LogP contribution in [0.4, 0.5) is 0 Å². The van der Waals surface area contributed by atoms with E-state index in [9.17, 15) is 0 Å². The molecule has 1 rings (SSSR count). The van der Waals surface area contributed by atoms with E-state index in [1.54, 1.807) is 0 Å². The van der Waals surface area contributed by atoms with Gasteiger partial charge in [-0.2, -0.15) is 5.10 Å². The van der Waals surface area contributed by atoms with Crippen LogP contribution in [0.1, 0.15) is 38.1 Å². The summed E-state index contributed by atoms with van der Waals surface area (Å²) in [5.74, 6) is 0. The lowest BCUT2D eigenvalue weighted by Crippen LogP contribution is -2.36. The molecule has 0 amide bonds. The molecule has 0 radical (unpaired) electrons. The molecule has 1 aromatic rings. The van der Waals surface area contributed by atoms with Crippen molar-refractivity contribution in [3.63, 3.8) is 0 Å². The minimum absolute atomic E-state index is 0.0341. The van der Waals surface area contributed by atoms with Crippen molar-refractivity contribution in [2.24, 2.45) is 12.8 Å². The molecule has 1 aromatic heterocycles. The summed E-state index contributed by atoms with van der Waals surface area (Å²) in [7, 11) is 8.30. The van der Waals surface area contributed by atoms with E-state index in [0.717, 1.165) is 18.8 Å². The number of hydrogen-bond donors (Lipinski definition) is 1. The molecule has 0 aliphatic carbocycles. The fourth-order valence-electron chi connectivity index (χ4n) is 2.39. The molecular formula is C15H31N5. The van der Waals surface area contributed by atoms with Gasteiger partial charge in [0.05, 0.1) is 11.7 Å². The second kappa shape index (κ2) is 6.70. The molecule has 0 aliphatic heterocycles. The first-order valence-electron chi connectivity index (χ1n) is 7.26. The average Bonchev–Trinajstić information content (AvgIpc) is 2.69. The number of nitrogens with zero attached hydrogens (tertiary/aromatic N) is 4. The van der Waals surface area contributed by atoms with Crippen LogP contribution in [0, 0.1) is 0 Å². The molecule has 116 valence electrons. The maximum atomic E-state index is 6.04. The second-order valence-electron chi connectivity index (χ2n) is 6.89. The number of rotatable bonds is 6. The van der Waals surface area contributed by atoms with Crippen LogP contribution >= 0.6 is 0 Å². The smallest absolute Gasteiger partial charge is 0.0726 e. The van der Waals surface area contributed by atoms with E-state index in [0.29, 0.717) is 6.54 Å². The van der Waals surface area contributed by atoms with Crippen LogP contribution in [-0.4, -0.2) is 60.4 Å². The van der Waals surface area contributed by atoms with Gasteiger partial charge in [0, 0.05) is 43.9 Å². The Labute approximate surface area is 123 Å². The van der Waals surface area contributed by atoms with Gasteiger partial charge < -0.3 is 10.6 Å². The van der Waals surface area contributed by atoms with Crippen molar-refractivity contribution in [2.45, 2.75) is 32.2 Å². The maximum absolute atomic E-state index is 6.04. The Bertz CT molecular complexity index is 416. The van der Waals surface area contributed by atoms with Gasteiger partial charge in [-0.05, 0) is 21.1 Å². The highest BCUT2D eigenvalue weighted by molar-refractivity contribution is 5.27. The first-order valence-corrected chi connectivity index (χ1v) is 7.26. The van der Waals surface area contributed by atoms with Crippen molar-refractivity contribution in [3.8, 4) is 0 Å². The zero-order valence-electron chi connectivity index (χ0n) is 14.1. The average molecular weight is 281 g/mol. The summed E-state index contributed by atoms with van der Waals surface area (Å²) in [5, 5.41) is 4.65. The van der Waals surface area contributed by atoms with Crippen LogP contribution in [0.2, 0.25) is 0 Å². The normalized spacial score (nSPS) is 14.3. The number of likely N-dealkylation sites (N-methyl/N-ethyl adjacent to an activating group) is 2. The molecule has 0 spiro atoms. The summed E-state index contributed by atoms with van der Waals surface area (Å²) in [6.07, 6.45) is 2.12. The Kier molecular flexibility index (Phi) is 5.74. The standard InChI is InChI=1S/C15H31N5/c1-15(2,3)14-12(11-20(7)17-14)13(10-16)19(6)9-8-18(4)5/h11,13H,8-10,16H2,1-7H3. The molecule has 0 bridgehead atoms. The lowest BCUT2D eigenvalue weighted by atomic mass is 9.87. The van der Waals surface area contributed by atoms with Gasteiger partial charge in [0.2, 0.25) is 0 Å². The fourth-order valence-corrected chi connectivity index (χ4v) is 2.39. The fraction of sp³-hybridized carbons (Fsp3) is 0.800. The minimum atomic E-state index is 0.0341. The quantitative estimate of drug-likeness (QED) is 0.851. The lowest BCUT2D eigenvalue weighted by molar-refractivity contribution is 0.221. The van der Waals surface area contributed by atoms with Crippen LogP contribution in [0.3, 0.4) is 0 Å². The zero-order chi connectivity index (χ0) is 15.5. The van der Waals surface area contributed by atoms with Crippen molar-refractivity contribution in [1.82, 2.24) is 19.6 Å². The maximum Gasteiger partial charge on any atom is 0.0726 e. The Balaban J connectivity index is 3.00. The molecule has 1 atom stereocenters. The van der Waals surface area contributed by atoms with Gasteiger partial charge in [0.1, 0.15) is 0 Å². The summed E-state index contributed by atoms with van der Waals surface area (Å²) in [6.45, 7) is 9.23. The minimum Gasteiger partial charge on any atom is -0.329 e. The highest BCUT2D eigenvalue weighted by atomic mass is 15.3. The van der Waals surface area contributed by atoms with E-state index < -0.39 is 0 Å². The highest BCUT2D eigenvalue weighted by Crippen LogP contribution is 2.30. The number of hydrogen-bond acceptors (Lipinski definition) is 4. The van der Waals surface area contributed by atoms with E-state index >= 15 is 0 Å². The van der Waals surface area contributed by atoms with Gasteiger partial charge in [0.15, 0.2) is 0 Å². The van der Waals surface area contributed by atoms with Crippen LogP contribution in [-0.2, 0) is 12.5 Å². The molecule has 0 fully saturated rings. The molecular weight excluding hydrogens is 250 g/mol. The van der Waals surface area contributed by atoms with E-state index in [1.165, 1.54) is 5.56 Å². The monoisotopic (exact) mass is 281 g/mol. The van der Waals surface area contributed by atoms with Gasteiger partial charge >= 0.3 is 0 Å². The molecule has 0 saturated carbocycles. The third kappa shape index (κ3) is 4.30. The van der Waals surface area contributed by atoms with E-state index in [-0.39, 0.29) is 11.5 Å². The van der Waals surface area contributed by atoms with Gasteiger partial charge in [0.25, 0.3) is 0 Å². The molecule has 0 aromatic carbocycles. The molecule has 1 unspecified atom stereocenters. The summed E-state index contributed by atoms with van der Waals surface area (Å²) in [6, 6.07) is 0.220. The van der Waals surface area contributed by atoms with Crippen LogP contribution in [0.15, 0.2) is 6.20 Å². The number of aryl methyl sites for hydroxylation is 1. The SMILES string of the molecule is CN(C)CCN(C)C(CN)c1cn(C)nc1C(C)(C)C. The molecule has 1 heterocycles. The summed E-state index contributed by atoms with van der Waals surface area (Å²) >= 11 is 0. The van der Waals surface area contributed by atoms with Crippen molar-refractivity contribution in [2.75, 3.05) is 40.8 Å². The van der Waals surface area contributed by atoms with Crippen molar-refractivity contribution < 1.29 is 0 Å². The van der Waals surface area contributed by atoms with Gasteiger partial charge in [-0.3, -0.25) is 9.58 Å². The predicted octanol–water partition coefficient (Wildman–Crippen LogP) is 1.21. The van der Waals surface area contributed by atoms with Crippen molar-refractivity contribution >= 4 is 0 Å². The highest BCUT2D eigenvalue weighted by Gasteiger charge is 2.27. The Morgan fingerprint density at radius 2 is 1.85 bits per heavy atom. The molecule has 5 nitrogen and oxygen atoms in total. The number of aromatic nitrogens is 2. The summed E-state index contributed by atoms with van der Waals surface area (Å²) < 4.78 is 1.90. The second-order valence-corrected chi connectivity index (χ2v) is 6.89. The lowest BCUT2D eigenvalue weighted by Gasteiger charge is -2.30.